The lowest BCUT2D eigenvalue weighted by atomic mass is 9.95. The third kappa shape index (κ3) is 5.78. The number of nitrogens with two attached hydrogens (primary N) is 1. The highest BCUT2D eigenvalue weighted by Crippen LogP contribution is 2.11. The molecule has 0 aromatic heterocycles. The molecule has 3 heteroatoms. The summed E-state index contributed by atoms with van der Waals surface area (Å²) in [4.78, 5) is 11.8. The van der Waals surface area contributed by atoms with E-state index in [-0.39, 0.29) is 17.9 Å². The Kier molecular flexibility index (Phi) is 6.57. The van der Waals surface area contributed by atoms with Gasteiger partial charge in [-0.3, -0.25) is 4.79 Å². The van der Waals surface area contributed by atoms with E-state index in [9.17, 15) is 4.79 Å². The third-order valence-corrected chi connectivity index (χ3v) is 2.78. The minimum Gasteiger partial charge on any atom is -0.353 e. The largest absolute Gasteiger partial charge is 0.353 e. The molecule has 0 radical (unpaired) electrons. The summed E-state index contributed by atoms with van der Waals surface area (Å²) < 4.78 is 0. The van der Waals surface area contributed by atoms with Crippen LogP contribution in [0.25, 0.3) is 0 Å². The summed E-state index contributed by atoms with van der Waals surface area (Å²) in [5.74, 6) is 1.05. The van der Waals surface area contributed by atoms with Crippen molar-refractivity contribution in [2.45, 2.75) is 47.1 Å². The molecule has 3 nitrogen and oxygen atoms in total. The molecule has 0 saturated carbocycles. The van der Waals surface area contributed by atoms with Crippen LogP contribution in [0.1, 0.15) is 41.0 Å². The van der Waals surface area contributed by atoms with Gasteiger partial charge in [0, 0.05) is 12.6 Å². The quantitative estimate of drug-likeness (QED) is 0.708. The number of hydrogen-bond acceptors (Lipinski definition) is 2. The zero-order chi connectivity index (χ0) is 12.0. The van der Waals surface area contributed by atoms with Gasteiger partial charge < -0.3 is 11.1 Å². The van der Waals surface area contributed by atoms with E-state index in [1.165, 1.54) is 0 Å². The highest BCUT2D eigenvalue weighted by molar-refractivity contribution is 5.79. The monoisotopic (exact) mass is 214 g/mol. The average molecular weight is 214 g/mol. The lowest BCUT2D eigenvalue weighted by Gasteiger charge is -2.22. The van der Waals surface area contributed by atoms with Crippen LogP contribution in [0.4, 0.5) is 0 Å². The second kappa shape index (κ2) is 6.83. The standard InChI is InChI=1S/C12H26N2O/c1-8(2)6-11(7-13)12(15)14-10(5)9(3)4/h8-11H,6-7,13H2,1-5H3,(H,14,15). The molecule has 0 aliphatic carbocycles. The van der Waals surface area contributed by atoms with E-state index < -0.39 is 0 Å². The molecule has 0 saturated heterocycles. The second-order valence-electron chi connectivity index (χ2n) is 5.10. The van der Waals surface area contributed by atoms with Gasteiger partial charge >= 0.3 is 0 Å². The predicted molar refractivity (Wildman–Crippen MR) is 64.4 cm³/mol. The molecule has 90 valence electrons. The number of rotatable bonds is 6. The van der Waals surface area contributed by atoms with Gasteiger partial charge in [-0.15, -0.1) is 0 Å². The Hall–Kier alpha value is -0.570. The summed E-state index contributed by atoms with van der Waals surface area (Å²) in [6.45, 7) is 10.9. The molecular weight excluding hydrogens is 188 g/mol. The van der Waals surface area contributed by atoms with Gasteiger partial charge in [-0.05, 0) is 25.2 Å². The predicted octanol–water partition coefficient (Wildman–Crippen LogP) is 1.77. The summed E-state index contributed by atoms with van der Waals surface area (Å²) in [7, 11) is 0. The van der Waals surface area contributed by atoms with Gasteiger partial charge in [-0.1, -0.05) is 27.7 Å². The van der Waals surface area contributed by atoms with Gasteiger partial charge in [0.15, 0.2) is 0 Å². The maximum Gasteiger partial charge on any atom is 0.224 e. The molecule has 0 heterocycles. The normalized spacial score (nSPS) is 15.5. The third-order valence-electron chi connectivity index (χ3n) is 2.78. The fourth-order valence-corrected chi connectivity index (χ4v) is 1.39. The van der Waals surface area contributed by atoms with Crippen molar-refractivity contribution in [3.8, 4) is 0 Å². The maximum absolute atomic E-state index is 11.8. The first kappa shape index (κ1) is 14.4. The van der Waals surface area contributed by atoms with Gasteiger partial charge in [0.1, 0.15) is 0 Å². The van der Waals surface area contributed by atoms with Crippen molar-refractivity contribution in [3.05, 3.63) is 0 Å². The van der Waals surface area contributed by atoms with Crippen molar-refractivity contribution in [3.63, 3.8) is 0 Å². The maximum atomic E-state index is 11.8. The highest BCUT2D eigenvalue weighted by Gasteiger charge is 2.20. The molecule has 2 unspecified atom stereocenters. The van der Waals surface area contributed by atoms with Gasteiger partial charge in [-0.25, -0.2) is 0 Å². The molecule has 1 amide bonds. The van der Waals surface area contributed by atoms with E-state index in [4.69, 9.17) is 5.73 Å². The van der Waals surface area contributed by atoms with Crippen molar-refractivity contribution < 1.29 is 4.79 Å². The van der Waals surface area contributed by atoms with Gasteiger partial charge in [0.25, 0.3) is 0 Å². The van der Waals surface area contributed by atoms with Crippen LogP contribution in [0.5, 0.6) is 0 Å². The average Bonchev–Trinajstić information content (AvgIpc) is 2.13. The molecule has 0 rings (SSSR count). The van der Waals surface area contributed by atoms with Crippen LogP contribution in [0, 0.1) is 17.8 Å². The molecular formula is C12H26N2O. The van der Waals surface area contributed by atoms with Crippen molar-refractivity contribution in [2.24, 2.45) is 23.5 Å². The number of carbonyl (C=O) groups is 1. The lowest BCUT2D eigenvalue weighted by molar-refractivity contribution is -0.126. The Balaban J connectivity index is 4.15. The van der Waals surface area contributed by atoms with E-state index in [2.05, 4.69) is 33.0 Å². The zero-order valence-corrected chi connectivity index (χ0v) is 10.7. The Morgan fingerprint density at radius 3 is 2.07 bits per heavy atom. The summed E-state index contributed by atoms with van der Waals surface area (Å²) in [5.41, 5.74) is 5.61. The zero-order valence-electron chi connectivity index (χ0n) is 10.7. The van der Waals surface area contributed by atoms with Crippen molar-refractivity contribution in [1.82, 2.24) is 5.32 Å². The minimum atomic E-state index is -0.0359. The molecule has 0 aromatic rings. The summed E-state index contributed by atoms with van der Waals surface area (Å²) in [6.07, 6.45) is 0.868. The summed E-state index contributed by atoms with van der Waals surface area (Å²) in [6, 6.07) is 0.221. The molecule has 0 fully saturated rings. The van der Waals surface area contributed by atoms with Crippen LogP contribution in [0.3, 0.4) is 0 Å². The molecule has 0 aliphatic heterocycles. The van der Waals surface area contributed by atoms with E-state index in [0.717, 1.165) is 6.42 Å². The van der Waals surface area contributed by atoms with Crippen LogP contribution < -0.4 is 11.1 Å². The Labute approximate surface area is 93.8 Å². The fourth-order valence-electron chi connectivity index (χ4n) is 1.39. The second-order valence-corrected chi connectivity index (χ2v) is 5.10. The first-order valence-electron chi connectivity index (χ1n) is 5.88. The molecule has 0 bridgehead atoms. The molecule has 15 heavy (non-hydrogen) atoms. The van der Waals surface area contributed by atoms with Gasteiger partial charge in [0.2, 0.25) is 5.91 Å². The topological polar surface area (TPSA) is 55.1 Å². The van der Waals surface area contributed by atoms with Crippen LogP contribution in [-0.2, 0) is 4.79 Å². The van der Waals surface area contributed by atoms with Crippen LogP contribution >= 0.6 is 0 Å². The molecule has 0 spiro atoms. The number of carbonyl (C=O) groups excluding carboxylic acids is 1. The molecule has 0 aromatic carbocycles. The Morgan fingerprint density at radius 1 is 1.20 bits per heavy atom. The van der Waals surface area contributed by atoms with E-state index >= 15 is 0 Å². The molecule has 3 N–H and O–H groups in total. The van der Waals surface area contributed by atoms with E-state index in [0.29, 0.717) is 18.4 Å². The van der Waals surface area contributed by atoms with Crippen molar-refractivity contribution in [2.75, 3.05) is 6.54 Å². The molecule has 0 aliphatic rings. The Bertz CT molecular complexity index is 190. The van der Waals surface area contributed by atoms with Crippen LogP contribution in [0.2, 0.25) is 0 Å². The van der Waals surface area contributed by atoms with E-state index in [1.54, 1.807) is 0 Å². The number of amides is 1. The van der Waals surface area contributed by atoms with Crippen LogP contribution in [-0.4, -0.2) is 18.5 Å². The first-order valence-corrected chi connectivity index (χ1v) is 5.88. The highest BCUT2D eigenvalue weighted by atomic mass is 16.1. The van der Waals surface area contributed by atoms with E-state index in [1.807, 2.05) is 6.92 Å². The number of hydrogen-bond donors (Lipinski definition) is 2. The minimum absolute atomic E-state index is 0.0359. The SMILES string of the molecule is CC(C)CC(CN)C(=O)NC(C)C(C)C. The smallest absolute Gasteiger partial charge is 0.224 e. The Morgan fingerprint density at radius 2 is 1.73 bits per heavy atom. The fraction of sp³-hybridized carbons (Fsp3) is 0.917. The number of nitrogens with one attached hydrogen (secondary N) is 1. The summed E-state index contributed by atoms with van der Waals surface area (Å²) in [5, 5.41) is 3.02. The van der Waals surface area contributed by atoms with Crippen molar-refractivity contribution >= 4 is 5.91 Å². The first-order chi connectivity index (χ1) is 6.88. The molecule has 2 atom stereocenters. The lowest BCUT2D eigenvalue weighted by Crippen LogP contribution is -2.42. The van der Waals surface area contributed by atoms with Crippen molar-refractivity contribution in [1.29, 1.82) is 0 Å². The van der Waals surface area contributed by atoms with Crippen LogP contribution in [0.15, 0.2) is 0 Å². The van der Waals surface area contributed by atoms with Gasteiger partial charge in [-0.2, -0.15) is 0 Å². The van der Waals surface area contributed by atoms with Gasteiger partial charge in [0.05, 0.1) is 5.92 Å². The summed E-state index contributed by atoms with van der Waals surface area (Å²) >= 11 is 0.